The lowest BCUT2D eigenvalue weighted by molar-refractivity contribution is 0.303. The van der Waals surface area contributed by atoms with Crippen molar-refractivity contribution >= 4 is 5.82 Å². The number of aryl methyl sites for hydroxylation is 2. The summed E-state index contributed by atoms with van der Waals surface area (Å²) in [5, 5.41) is 3.17. The van der Waals surface area contributed by atoms with Crippen LogP contribution < -0.4 is 10.1 Å². The lowest BCUT2D eigenvalue weighted by Crippen LogP contribution is -2.01. The van der Waals surface area contributed by atoms with Crippen molar-refractivity contribution < 1.29 is 4.74 Å². The number of nitrogens with one attached hydrogen (secondary N) is 1. The molecule has 1 aromatic heterocycles. The fraction of sp³-hybridized carbons (Fsp3) is 0.312. The minimum atomic E-state index is 0.545. The first-order chi connectivity index (χ1) is 9.19. The minimum Gasteiger partial charge on any atom is -0.489 e. The van der Waals surface area contributed by atoms with Crippen LogP contribution in [0.5, 0.6) is 5.75 Å². The molecule has 0 spiro atoms. The predicted octanol–water partition coefficient (Wildman–Crippen LogP) is 3.71. The summed E-state index contributed by atoms with van der Waals surface area (Å²) in [6.07, 6.45) is 1.85. The number of nitrogens with zero attached hydrogens (tertiary/aromatic N) is 1. The van der Waals surface area contributed by atoms with Crippen LogP contribution in [0.2, 0.25) is 0 Å². The Morgan fingerprint density at radius 3 is 2.68 bits per heavy atom. The van der Waals surface area contributed by atoms with E-state index in [4.69, 9.17) is 4.74 Å². The number of ether oxygens (including phenoxy) is 1. The van der Waals surface area contributed by atoms with Gasteiger partial charge >= 0.3 is 0 Å². The number of anilines is 1. The third kappa shape index (κ3) is 3.71. The summed E-state index contributed by atoms with van der Waals surface area (Å²) in [4.78, 5) is 4.33. The number of rotatable bonds is 5. The average molecular weight is 256 g/mol. The van der Waals surface area contributed by atoms with Gasteiger partial charge in [-0.2, -0.15) is 0 Å². The van der Waals surface area contributed by atoms with E-state index in [2.05, 4.69) is 49.3 Å². The molecule has 2 aromatic rings. The Kier molecular flexibility index (Phi) is 4.39. The van der Waals surface area contributed by atoms with Crippen molar-refractivity contribution in [3.8, 4) is 5.75 Å². The fourth-order valence-electron chi connectivity index (χ4n) is 1.82. The van der Waals surface area contributed by atoms with E-state index in [1.807, 2.05) is 18.3 Å². The summed E-state index contributed by atoms with van der Waals surface area (Å²) in [6, 6.07) is 10.3. The highest BCUT2D eigenvalue weighted by molar-refractivity contribution is 5.37. The SMILES string of the molecule is CCNc1ccc(COc2cc(C)ccc2C)cn1. The van der Waals surface area contributed by atoms with Crippen LogP contribution >= 0.6 is 0 Å². The van der Waals surface area contributed by atoms with Crippen molar-refractivity contribution in [2.24, 2.45) is 0 Å². The molecule has 100 valence electrons. The molecule has 3 nitrogen and oxygen atoms in total. The molecule has 0 radical (unpaired) electrons. The zero-order valence-electron chi connectivity index (χ0n) is 11.7. The second-order valence-corrected chi connectivity index (χ2v) is 4.64. The van der Waals surface area contributed by atoms with E-state index in [-0.39, 0.29) is 0 Å². The van der Waals surface area contributed by atoms with Crippen LogP contribution in [-0.4, -0.2) is 11.5 Å². The van der Waals surface area contributed by atoms with E-state index >= 15 is 0 Å². The van der Waals surface area contributed by atoms with Gasteiger partial charge < -0.3 is 10.1 Å². The van der Waals surface area contributed by atoms with Crippen LogP contribution in [0.4, 0.5) is 5.82 Å². The van der Waals surface area contributed by atoms with Crippen LogP contribution in [0, 0.1) is 13.8 Å². The molecule has 0 atom stereocenters. The third-order valence-corrected chi connectivity index (χ3v) is 2.92. The number of hydrogen-bond donors (Lipinski definition) is 1. The highest BCUT2D eigenvalue weighted by atomic mass is 16.5. The molecule has 0 aliphatic carbocycles. The van der Waals surface area contributed by atoms with Gasteiger partial charge in [-0.15, -0.1) is 0 Å². The lowest BCUT2D eigenvalue weighted by Gasteiger charge is -2.10. The first-order valence-electron chi connectivity index (χ1n) is 6.58. The molecule has 1 aromatic carbocycles. The molecule has 0 aliphatic heterocycles. The van der Waals surface area contributed by atoms with Crippen LogP contribution in [0.25, 0.3) is 0 Å². The first kappa shape index (κ1) is 13.4. The smallest absolute Gasteiger partial charge is 0.125 e. The van der Waals surface area contributed by atoms with Gasteiger partial charge in [0, 0.05) is 18.3 Å². The highest BCUT2D eigenvalue weighted by Gasteiger charge is 2.01. The minimum absolute atomic E-state index is 0.545. The molecule has 19 heavy (non-hydrogen) atoms. The molecule has 3 heteroatoms. The maximum Gasteiger partial charge on any atom is 0.125 e. The number of hydrogen-bond acceptors (Lipinski definition) is 3. The van der Waals surface area contributed by atoms with Gasteiger partial charge in [-0.3, -0.25) is 0 Å². The summed E-state index contributed by atoms with van der Waals surface area (Å²) in [7, 11) is 0. The van der Waals surface area contributed by atoms with E-state index in [0.29, 0.717) is 6.61 Å². The Labute approximate surface area is 114 Å². The molecule has 0 aliphatic rings. The Hall–Kier alpha value is -2.03. The normalized spacial score (nSPS) is 10.3. The van der Waals surface area contributed by atoms with Crippen molar-refractivity contribution in [1.82, 2.24) is 4.98 Å². The average Bonchev–Trinajstić information content (AvgIpc) is 2.42. The van der Waals surface area contributed by atoms with E-state index in [0.717, 1.165) is 29.2 Å². The highest BCUT2D eigenvalue weighted by Crippen LogP contribution is 2.20. The third-order valence-electron chi connectivity index (χ3n) is 2.92. The Bertz CT molecular complexity index is 535. The summed E-state index contributed by atoms with van der Waals surface area (Å²) in [5.41, 5.74) is 3.44. The molecule has 0 saturated heterocycles. The molecule has 0 unspecified atom stereocenters. The quantitative estimate of drug-likeness (QED) is 0.885. The summed E-state index contributed by atoms with van der Waals surface area (Å²) < 4.78 is 5.84. The molecule has 0 amide bonds. The summed E-state index contributed by atoms with van der Waals surface area (Å²) in [6.45, 7) is 7.61. The van der Waals surface area contributed by atoms with Crippen molar-refractivity contribution in [2.75, 3.05) is 11.9 Å². The van der Waals surface area contributed by atoms with Gasteiger partial charge in [0.15, 0.2) is 0 Å². The van der Waals surface area contributed by atoms with E-state index < -0.39 is 0 Å². The summed E-state index contributed by atoms with van der Waals surface area (Å²) in [5.74, 6) is 1.84. The standard InChI is InChI=1S/C16H20N2O/c1-4-17-16-8-7-14(10-18-16)11-19-15-9-12(2)5-6-13(15)3/h5-10H,4,11H2,1-3H3,(H,17,18). The molecule has 0 fully saturated rings. The molecule has 1 heterocycles. The van der Waals surface area contributed by atoms with Crippen LogP contribution in [-0.2, 0) is 6.61 Å². The molecular formula is C16H20N2O. The molecule has 2 rings (SSSR count). The van der Waals surface area contributed by atoms with Crippen LogP contribution in [0.1, 0.15) is 23.6 Å². The zero-order chi connectivity index (χ0) is 13.7. The fourth-order valence-corrected chi connectivity index (χ4v) is 1.82. The number of pyridine rings is 1. The van der Waals surface area contributed by atoms with Crippen molar-refractivity contribution in [3.05, 3.63) is 53.2 Å². The van der Waals surface area contributed by atoms with Crippen molar-refractivity contribution in [1.29, 1.82) is 0 Å². The summed E-state index contributed by atoms with van der Waals surface area (Å²) >= 11 is 0. The largest absolute Gasteiger partial charge is 0.489 e. The van der Waals surface area contributed by atoms with Gasteiger partial charge in [-0.25, -0.2) is 4.98 Å². The van der Waals surface area contributed by atoms with Gasteiger partial charge in [0.1, 0.15) is 18.2 Å². The Morgan fingerprint density at radius 1 is 1.16 bits per heavy atom. The van der Waals surface area contributed by atoms with E-state index in [1.54, 1.807) is 0 Å². The van der Waals surface area contributed by atoms with Crippen LogP contribution in [0.3, 0.4) is 0 Å². The lowest BCUT2D eigenvalue weighted by atomic mass is 10.1. The number of benzene rings is 1. The van der Waals surface area contributed by atoms with Gasteiger partial charge in [-0.05, 0) is 44.0 Å². The van der Waals surface area contributed by atoms with Gasteiger partial charge in [0.2, 0.25) is 0 Å². The first-order valence-corrected chi connectivity index (χ1v) is 6.58. The maximum atomic E-state index is 5.84. The Balaban J connectivity index is 2.00. The predicted molar refractivity (Wildman–Crippen MR) is 78.6 cm³/mol. The van der Waals surface area contributed by atoms with E-state index in [9.17, 15) is 0 Å². The molecule has 0 bridgehead atoms. The second-order valence-electron chi connectivity index (χ2n) is 4.64. The van der Waals surface area contributed by atoms with Gasteiger partial charge in [-0.1, -0.05) is 18.2 Å². The second kappa shape index (κ2) is 6.23. The van der Waals surface area contributed by atoms with Crippen molar-refractivity contribution in [3.63, 3.8) is 0 Å². The maximum absolute atomic E-state index is 5.84. The molecular weight excluding hydrogens is 236 g/mol. The van der Waals surface area contributed by atoms with Crippen LogP contribution in [0.15, 0.2) is 36.5 Å². The van der Waals surface area contributed by atoms with Gasteiger partial charge in [0.05, 0.1) is 0 Å². The topological polar surface area (TPSA) is 34.1 Å². The van der Waals surface area contributed by atoms with E-state index in [1.165, 1.54) is 5.56 Å². The van der Waals surface area contributed by atoms with Crippen molar-refractivity contribution in [2.45, 2.75) is 27.4 Å². The molecule has 1 N–H and O–H groups in total. The monoisotopic (exact) mass is 256 g/mol. The Morgan fingerprint density at radius 2 is 2.00 bits per heavy atom. The van der Waals surface area contributed by atoms with Gasteiger partial charge in [0.25, 0.3) is 0 Å². The zero-order valence-corrected chi connectivity index (χ0v) is 11.7. The molecule has 0 saturated carbocycles. The number of aromatic nitrogens is 1.